The number of non-ortho nitro benzene ring substituents is 2. The lowest BCUT2D eigenvalue weighted by atomic mass is 9.94. The number of ether oxygens (including phenoxy) is 2. The Labute approximate surface area is 237 Å². The second-order valence-corrected chi connectivity index (χ2v) is 9.11. The standard InChI is InChI=1S/C27H23N5O10/c1-29-10-12-41-26(35)20-14-16(31(37)38)6-8-18(20)19-9-7-17(32(39)40)15-21(19)27(36)42-13-11-30(2)25(34)23-5-3-4-22(28-23)24(29)33/h3-9,14-15H,10-13H2,1-2H3. The van der Waals surface area contributed by atoms with Crippen molar-refractivity contribution in [1.29, 1.82) is 0 Å². The van der Waals surface area contributed by atoms with E-state index >= 15 is 0 Å². The van der Waals surface area contributed by atoms with Crippen LogP contribution in [0.1, 0.15) is 41.7 Å². The zero-order chi connectivity index (χ0) is 30.6. The molecule has 2 amide bonds. The van der Waals surface area contributed by atoms with E-state index in [0.717, 1.165) is 24.3 Å². The van der Waals surface area contributed by atoms with Crippen molar-refractivity contribution in [3.05, 3.63) is 97.3 Å². The summed E-state index contributed by atoms with van der Waals surface area (Å²) in [4.78, 5) is 80.2. The van der Waals surface area contributed by atoms with Crippen LogP contribution in [0.2, 0.25) is 0 Å². The summed E-state index contributed by atoms with van der Waals surface area (Å²) in [5.41, 5.74) is -1.51. The molecule has 0 atom stereocenters. The molecule has 216 valence electrons. The van der Waals surface area contributed by atoms with Gasteiger partial charge >= 0.3 is 11.9 Å². The van der Waals surface area contributed by atoms with Crippen LogP contribution in [0.25, 0.3) is 11.1 Å². The van der Waals surface area contributed by atoms with Crippen LogP contribution in [0.15, 0.2) is 54.6 Å². The number of rotatable bonds is 2. The van der Waals surface area contributed by atoms with Crippen molar-refractivity contribution in [3.63, 3.8) is 0 Å². The van der Waals surface area contributed by atoms with Crippen LogP contribution in [0.5, 0.6) is 0 Å². The molecular weight excluding hydrogens is 554 g/mol. The van der Waals surface area contributed by atoms with E-state index in [4.69, 9.17) is 9.47 Å². The average Bonchev–Trinajstić information content (AvgIpc) is 2.98. The van der Waals surface area contributed by atoms with E-state index in [0.29, 0.717) is 0 Å². The second kappa shape index (κ2) is 12.2. The fraction of sp³-hybridized carbons (Fsp3) is 0.222. The molecule has 2 bridgehead atoms. The molecule has 15 nitrogen and oxygen atoms in total. The number of nitro benzene ring substituents is 2. The van der Waals surface area contributed by atoms with Crippen molar-refractivity contribution in [2.75, 3.05) is 40.4 Å². The van der Waals surface area contributed by atoms with Crippen molar-refractivity contribution in [3.8, 4) is 11.1 Å². The SMILES string of the molecule is CN1CCOC(=O)c2cc([N+](=O)[O-])ccc2-c2ccc([N+](=O)[O-])cc2C(=O)OCCN(C)C(=O)c2cccc(n2)C1=O. The first-order chi connectivity index (χ1) is 20.0. The number of hydrogen-bond acceptors (Lipinski definition) is 11. The number of nitrogens with zero attached hydrogens (tertiary/aromatic N) is 5. The molecule has 2 heterocycles. The predicted molar refractivity (Wildman–Crippen MR) is 144 cm³/mol. The third-order valence-electron chi connectivity index (χ3n) is 6.36. The number of amides is 2. The van der Waals surface area contributed by atoms with E-state index in [9.17, 15) is 39.4 Å². The van der Waals surface area contributed by atoms with E-state index in [1.807, 2.05) is 0 Å². The molecule has 1 aliphatic heterocycles. The van der Waals surface area contributed by atoms with Gasteiger partial charge in [0.15, 0.2) is 0 Å². The number of fused-ring (bicyclic) bond motifs is 5. The number of esters is 2. The quantitative estimate of drug-likeness (QED) is 0.247. The summed E-state index contributed by atoms with van der Waals surface area (Å²) in [7, 11) is 2.87. The second-order valence-electron chi connectivity index (χ2n) is 9.11. The Hall–Kier alpha value is -5.73. The molecule has 1 aliphatic rings. The lowest BCUT2D eigenvalue weighted by Crippen LogP contribution is -2.33. The van der Waals surface area contributed by atoms with Gasteiger partial charge in [-0.1, -0.05) is 6.07 Å². The van der Waals surface area contributed by atoms with Crippen LogP contribution in [-0.4, -0.2) is 88.8 Å². The largest absolute Gasteiger partial charge is 0.460 e. The van der Waals surface area contributed by atoms with Gasteiger partial charge < -0.3 is 19.3 Å². The van der Waals surface area contributed by atoms with E-state index in [1.165, 1.54) is 54.2 Å². The highest BCUT2D eigenvalue weighted by atomic mass is 16.6. The van der Waals surface area contributed by atoms with Crippen LogP contribution in [-0.2, 0) is 9.47 Å². The van der Waals surface area contributed by atoms with Gasteiger partial charge in [0.1, 0.15) is 24.6 Å². The summed E-state index contributed by atoms with van der Waals surface area (Å²) in [6.45, 7) is -0.827. The zero-order valence-corrected chi connectivity index (χ0v) is 22.3. The summed E-state index contributed by atoms with van der Waals surface area (Å²) in [6, 6.07) is 10.9. The van der Waals surface area contributed by atoms with E-state index < -0.39 is 45.0 Å². The van der Waals surface area contributed by atoms with Crippen LogP contribution in [0.3, 0.4) is 0 Å². The van der Waals surface area contributed by atoms with Crippen LogP contribution in [0.4, 0.5) is 11.4 Å². The maximum Gasteiger partial charge on any atom is 0.339 e. The minimum absolute atomic E-state index is 0.0160. The average molecular weight is 578 g/mol. The van der Waals surface area contributed by atoms with Crippen molar-refractivity contribution in [2.24, 2.45) is 0 Å². The van der Waals surface area contributed by atoms with Gasteiger partial charge in [-0.05, 0) is 35.4 Å². The Morgan fingerprint density at radius 1 is 0.667 bits per heavy atom. The third kappa shape index (κ3) is 6.19. The first kappa shape index (κ1) is 29.3. The van der Waals surface area contributed by atoms with Crippen molar-refractivity contribution < 1.29 is 38.5 Å². The third-order valence-corrected chi connectivity index (χ3v) is 6.36. The Bertz CT molecular complexity index is 1510. The van der Waals surface area contributed by atoms with E-state index in [2.05, 4.69) is 4.98 Å². The number of hydrogen-bond donors (Lipinski definition) is 0. The molecule has 0 radical (unpaired) electrons. The molecule has 2 aromatic carbocycles. The lowest BCUT2D eigenvalue weighted by molar-refractivity contribution is -0.385. The predicted octanol–water partition coefficient (Wildman–Crippen LogP) is 2.74. The van der Waals surface area contributed by atoms with Gasteiger partial charge in [0, 0.05) is 38.4 Å². The summed E-state index contributed by atoms with van der Waals surface area (Å²) in [5.74, 6) is -3.11. The highest BCUT2D eigenvalue weighted by Crippen LogP contribution is 2.33. The Kier molecular flexibility index (Phi) is 8.50. The number of carbonyl (C=O) groups is 4. The zero-order valence-electron chi connectivity index (χ0n) is 22.3. The highest BCUT2D eigenvalue weighted by molar-refractivity contribution is 6.04. The number of cyclic esters (lactones) is 2. The maximum absolute atomic E-state index is 13.2. The molecule has 4 rings (SSSR count). The normalized spacial score (nSPS) is 14.9. The molecule has 15 heteroatoms. The van der Waals surface area contributed by atoms with Gasteiger partial charge in [-0.3, -0.25) is 29.8 Å². The first-order valence-corrected chi connectivity index (χ1v) is 12.4. The molecule has 1 aromatic heterocycles. The summed E-state index contributed by atoms with van der Waals surface area (Å²) < 4.78 is 10.6. The number of pyridine rings is 1. The summed E-state index contributed by atoms with van der Waals surface area (Å²) in [5, 5.41) is 22.9. The maximum atomic E-state index is 13.2. The van der Waals surface area contributed by atoms with Gasteiger partial charge in [-0.15, -0.1) is 0 Å². The molecule has 0 fully saturated rings. The minimum Gasteiger partial charge on any atom is -0.460 e. The summed E-state index contributed by atoms with van der Waals surface area (Å²) in [6.07, 6.45) is 0. The minimum atomic E-state index is -1.00. The highest BCUT2D eigenvalue weighted by Gasteiger charge is 2.26. The molecular formula is C27H23N5O10. The molecule has 0 spiro atoms. The number of nitro groups is 2. The van der Waals surface area contributed by atoms with Crippen molar-refractivity contribution in [2.45, 2.75) is 0 Å². The van der Waals surface area contributed by atoms with E-state index in [-0.39, 0.29) is 59.9 Å². The fourth-order valence-electron chi connectivity index (χ4n) is 4.07. The Morgan fingerprint density at radius 3 is 1.45 bits per heavy atom. The smallest absolute Gasteiger partial charge is 0.339 e. The van der Waals surface area contributed by atoms with Crippen molar-refractivity contribution >= 4 is 35.1 Å². The van der Waals surface area contributed by atoms with Gasteiger partial charge in [0.25, 0.3) is 23.2 Å². The topological polar surface area (TPSA) is 192 Å². The molecule has 3 aromatic rings. The van der Waals surface area contributed by atoms with Gasteiger partial charge in [-0.25, -0.2) is 14.6 Å². The molecule has 0 unspecified atom stereocenters. The summed E-state index contributed by atoms with van der Waals surface area (Å²) >= 11 is 0. The number of carbonyl (C=O) groups excluding carboxylic acids is 4. The molecule has 0 N–H and O–H groups in total. The monoisotopic (exact) mass is 577 g/mol. The van der Waals surface area contributed by atoms with Crippen LogP contribution >= 0.6 is 0 Å². The number of benzene rings is 2. The van der Waals surface area contributed by atoms with Crippen molar-refractivity contribution in [1.82, 2.24) is 14.8 Å². The molecule has 42 heavy (non-hydrogen) atoms. The molecule has 0 saturated carbocycles. The number of aromatic nitrogens is 1. The van der Waals surface area contributed by atoms with Crippen LogP contribution in [0, 0.1) is 20.2 Å². The van der Waals surface area contributed by atoms with Gasteiger partial charge in [0.2, 0.25) is 0 Å². The molecule has 0 aliphatic carbocycles. The Balaban J connectivity index is 1.80. The Morgan fingerprint density at radius 2 is 1.07 bits per heavy atom. The van der Waals surface area contributed by atoms with E-state index in [1.54, 1.807) is 0 Å². The first-order valence-electron chi connectivity index (χ1n) is 12.4. The fourth-order valence-corrected chi connectivity index (χ4v) is 4.07. The molecule has 0 saturated heterocycles. The lowest BCUT2D eigenvalue weighted by Gasteiger charge is -2.18. The van der Waals surface area contributed by atoms with Gasteiger partial charge in [-0.2, -0.15) is 0 Å². The van der Waals surface area contributed by atoms with Gasteiger partial charge in [0.05, 0.1) is 34.1 Å². The van der Waals surface area contributed by atoms with Crippen LogP contribution < -0.4 is 0 Å². The number of likely N-dealkylation sites (N-methyl/N-ethyl adjacent to an activating group) is 2.